The van der Waals surface area contributed by atoms with Crippen molar-refractivity contribution >= 4 is 17.0 Å². The Morgan fingerprint density at radius 3 is 2.62 bits per heavy atom. The van der Waals surface area contributed by atoms with Crippen molar-refractivity contribution in [1.82, 2.24) is 14.5 Å². The molecule has 0 aliphatic rings. The zero-order valence-electron chi connectivity index (χ0n) is 13.7. The molecule has 3 aromatic heterocycles. The summed E-state index contributed by atoms with van der Waals surface area (Å²) in [6, 6.07) is 7.34. The van der Waals surface area contributed by atoms with E-state index in [1.165, 1.54) is 6.20 Å². The maximum absolute atomic E-state index is 12.4. The fourth-order valence-electron chi connectivity index (χ4n) is 2.63. The first-order valence-corrected chi connectivity index (χ1v) is 7.54. The minimum Gasteiger partial charge on any atom is -0.477 e. The van der Waals surface area contributed by atoms with Crippen LogP contribution in [0.25, 0.3) is 11.0 Å². The summed E-state index contributed by atoms with van der Waals surface area (Å²) in [5, 5.41) is 9.65. The molecule has 0 aliphatic carbocycles. The van der Waals surface area contributed by atoms with Crippen molar-refractivity contribution in [2.75, 3.05) is 0 Å². The van der Waals surface area contributed by atoms with Gasteiger partial charge in [-0.2, -0.15) is 0 Å². The third kappa shape index (κ3) is 2.78. The van der Waals surface area contributed by atoms with Crippen molar-refractivity contribution < 1.29 is 9.90 Å². The molecule has 3 aromatic rings. The summed E-state index contributed by atoms with van der Waals surface area (Å²) in [5.74, 6) is -1.24. The van der Waals surface area contributed by atoms with Crippen LogP contribution in [0.1, 0.15) is 33.0 Å². The zero-order valence-corrected chi connectivity index (χ0v) is 13.7. The largest absolute Gasteiger partial charge is 0.477 e. The maximum Gasteiger partial charge on any atom is 0.341 e. The Kier molecular flexibility index (Phi) is 3.89. The lowest BCUT2D eigenvalue weighted by atomic mass is 10.1. The van der Waals surface area contributed by atoms with Gasteiger partial charge in [0.15, 0.2) is 0 Å². The van der Waals surface area contributed by atoms with Crippen molar-refractivity contribution in [3.8, 4) is 0 Å². The lowest BCUT2D eigenvalue weighted by Crippen LogP contribution is -2.20. The monoisotopic (exact) mass is 323 g/mol. The first kappa shape index (κ1) is 15.9. The molecular weight excluding hydrogens is 306 g/mol. The average Bonchev–Trinajstić information content (AvgIpc) is 2.52. The van der Waals surface area contributed by atoms with E-state index in [2.05, 4.69) is 9.97 Å². The van der Waals surface area contributed by atoms with Crippen LogP contribution in [-0.4, -0.2) is 25.6 Å². The Labute approximate surface area is 138 Å². The highest BCUT2D eigenvalue weighted by Crippen LogP contribution is 2.16. The second-order valence-electron chi connectivity index (χ2n) is 5.84. The predicted octanol–water partition coefficient (Wildman–Crippen LogP) is 2.46. The van der Waals surface area contributed by atoms with Gasteiger partial charge >= 0.3 is 5.97 Å². The van der Waals surface area contributed by atoms with Crippen LogP contribution < -0.4 is 5.43 Å². The lowest BCUT2D eigenvalue weighted by molar-refractivity contribution is 0.0695. The fraction of sp³-hybridized carbons (Fsp3) is 0.222. The van der Waals surface area contributed by atoms with Gasteiger partial charge in [0.1, 0.15) is 11.2 Å². The molecule has 0 bridgehead atoms. The summed E-state index contributed by atoms with van der Waals surface area (Å²) in [7, 11) is 0. The summed E-state index contributed by atoms with van der Waals surface area (Å²) in [6.07, 6.45) is 1.35. The molecule has 0 aliphatic heterocycles. The fourth-order valence-corrected chi connectivity index (χ4v) is 2.63. The zero-order chi connectivity index (χ0) is 17.4. The van der Waals surface area contributed by atoms with Gasteiger partial charge in [0.05, 0.1) is 17.6 Å². The highest BCUT2D eigenvalue weighted by Gasteiger charge is 2.16. The van der Waals surface area contributed by atoms with Crippen LogP contribution in [0.3, 0.4) is 0 Å². The number of carboxylic acid groups (broad SMARTS) is 1. The van der Waals surface area contributed by atoms with Crippen molar-refractivity contribution in [2.24, 2.45) is 0 Å². The summed E-state index contributed by atoms with van der Waals surface area (Å²) < 4.78 is 1.67. The van der Waals surface area contributed by atoms with Crippen LogP contribution in [-0.2, 0) is 6.54 Å². The first-order chi connectivity index (χ1) is 11.4. The molecule has 0 amide bonds. The molecule has 0 aromatic carbocycles. The van der Waals surface area contributed by atoms with E-state index in [0.717, 1.165) is 22.6 Å². The Bertz CT molecular complexity index is 1020. The van der Waals surface area contributed by atoms with Gasteiger partial charge < -0.3 is 9.67 Å². The number of hydrogen-bond acceptors (Lipinski definition) is 4. The second-order valence-corrected chi connectivity index (χ2v) is 5.84. The Hall–Kier alpha value is -3.02. The van der Waals surface area contributed by atoms with E-state index in [9.17, 15) is 14.7 Å². The van der Waals surface area contributed by atoms with Gasteiger partial charge in [0.2, 0.25) is 5.43 Å². The topological polar surface area (TPSA) is 85.1 Å². The third-order valence-electron chi connectivity index (χ3n) is 4.00. The number of carbonyl (C=O) groups is 1. The van der Waals surface area contributed by atoms with Gasteiger partial charge in [-0.25, -0.2) is 9.78 Å². The van der Waals surface area contributed by atoms with E-state index >= 15 is 0 Å². The van der Waals surface area contributed by atoms with E-state index in [0.29, 0.717) is 17.6 Å². The van der Waals surface area contributed by atoms with Crippen LogP contribution in [0.15, 0.2) is 35.3 Å². The lowest BCUT2D eigenvalue weighted by Gasteiger charge is -2.13. The van der Waals surface area contributed by atoms with Gasteiger partial charge in [-0.05, 0) is 44.5 Å². The summed E-state index contributed by atoms with van der Waals surface area (Å²) in [5.41, 5.74) is 2.99. The first-order valence-electron chi connectivity index (χ1n) is 7.54. The van der Waals surface area contributed by atoms with E-state index in [1.54, 1.807) is 10.6 Å². The molecular formula is C18H17N3O3. The van der Waals surface area contributed by atoms with E-state index < -0.39 is 11.4 Å². The molecule has 0 saturated carbocycles. The van der Waals surface area contributed by atoms with Gasteiger partial charge in [-0.15, -0.1) is 0 Å². The van der Waals surface area contributed by atoms with Crippen LogP contribution in [0, 0.1) is 20.8 Å². The summed E-state index contributed by atoms with van der Waals surface area (Å²) in [6.45, 7) is 5.94. The summed E-state index contributed by atoms with van der Waals surface area (Å²) in [4.78, 5) is 32.8. The van der Waals surface area contributed by atoms with Crippen molar-refractivity contribution in [3.63, 3.8) is 0 Å². The number of rotatable bonds is 3. The smallest absolute Gasteiger partial charge is 0.341 e. The molecule has 0 radical (unpaired) electrons. The summed E-state index contributed by atoms with van der Waals surface area (Å²) >= 11 is 0. The van der Waals surface area contributed by atoms with Gasteiger partial charge in [-0.3, -0.25) is 9.78 Å². The second kappa shape index (κ2) is 5.88. The quantitative estimate of drug-likeness (QED) is 0.800. The molecule has 0 saturated heterocycles. The average molecular weight is 323 g/mol. The Morgan fingerprint density at radius 2 is 1.96 bits per heavy atom. The highest BCUT2D eigenvalue weighted by molar-refractivity contribution is 5.91. The van der Waals surface area contributed by atoms with Crippen LogP contribution >= 0.6 is 0 Å². The highest BCUT2D eigenvalue weighted by atomic mass is 16.4. The molecule has 6 nitrogen and oxygen atoms in total. The standard InChI is InChI=1S/C18H17N3O3/c1-10-7-14-16(22)15(18(23)24)9-21(17(14)20-12(10)3)8-13-6-4-5-11(2)19-13/h4-7,9H,8H2,1-3H3,(H,23,24). The maximum atomic E-state index is 12.4. The molecule has 3 heterocycles. The number of aryl methyl sites for hydroxylation is 3. The number of nitrogens with zero attached hydrogens (tertiary/aromatic N) is 3. The van der Waals surface area contributed by atoms with E-state index in [4.69, 9.17) is 0 Å². The Morgan fingerprint density at radius 1 is 1.21 bits per heavy atom. The van der Waals surface area contributed by atoms with E-state index in [1.807, 2.05) is 39.0 Å². The molecule has 3 rings (SSSR count). The van der Waals surface area contributed by atoms with Gasteiger partial charge in [-0.1, -0.05) is 6.07 Å². The van der Waals surface area contributed by atoms with Crippen LogP contribution in [0.2, 0.25) is 0 Å². The SMILES string of the molecule is Cc1cccc(Cn2cc(C(=O)O)c(=O)c3cc(C)c(C)nc32)n1. The minimum absolute atomic E-state index is 0.264. The molecule has 0 unspecified atom stereocenters. The molecule has 24 heavy (non-hydrogen) atoms. The van der Waals surface area contributed by atoms with Crippen LogP contribution in [0.4, 0.5) is 0 Å². The molecule has 6 heteroatoms. The number of aromatic nitrogens is 3. The molecule has 0 fully saturated rings. The number of carboxylic acids is 1. The van der Waals surface area contributed by atoms with Gasteiger partial charge in [0, 0.05) is 17.6 Å². The predicted molar refractivity (Wildman–Crippen MR) is 90.5 cm³/mol. The number of hydrogen-bond donors (Lipinski definition) is 1. The minimum atomic E-state index is -1.24. The molecule has 1 N–H and O–H groups in total. The molecule has 0 spiro atoms. The molecule has 122 valence electrons. The molecule has 0 atom stereocenters. The Balaban J connectivity index is 2.29. The number of pyridine rings is 3. The third-order valence-corrected chi connectivity index (χ3v) is 4.00. The number of aromatic carboxylic acids is 1. The van der Waals surface area contributed by atoms with Crippen molar-refractivity contribution in [2.45, 2.75) is 27.3 Å². The van der Waals surface area contributed by atoms with E-state index in [-0.39, 0.29) is 5.56 Å². The number of fused-ring (bicyclic) bond motifs is 1. The normalized spacial score (nSPS) is 11.0. The van der Waals surface area contributed by atoms with Crippen molar-refractivity contribution in [1.29, 1.82) is 0 Å². The van der Waals surface area contributed by atoms with Gasteiger partial charge in [0.25, 0.3) is 0 Å². The van der Waals surface area contributed by atoms with Crippen molar-refractivity contribution in [3.05, 3.63) is 68.9 Å². The van der Waals surface area contributed by atoms with Crippen LogP contribution in [0.5, 0.6) is 0 Å².